The molecule has 4 N–H and O–H groups in total. The van der Waals surface area contributed by atoms with Gasteiger partial charge in [-0.1, -0.05) is 25.6 Å². The number of hydrogen-bond donors (Lipinski definition) is 3. The van der Waals surface area contributed by atoms with Crippen LogP contribution in [0.2, 0.25) is 0 Å². The number of rotatable bonds is 2. The van der Waals surface area contributed by atoms with Gasteiger partial charge in [-0.05, 0) is 24.6 Å². The minimum Gasteiger partial charge on any atom is -0.400 e. The normalized spacial score (nSPS) is 15.6. The summed E-state index contributed by atoms with van der Waals surface area (Å²) in [5, 5.41) is 10.4. The van der Waals surface area contributed by atoms with Crippen molar-refractivity contribution in [3.05, 3.63) is 29.8 Å². The first-order valence-corrected chi connectivity index (χ1v) is 4.89. The molecular weight excluding hydrogens is 315 g/mol. The van der Waals surface area contributed by atoms with E-state index in [1.165, 1.54) is 11.3 Å². The molecule has 3 nitrogen and oxygen atoms in total. The zero-order chi connectivity index (χ0) is 10.4. The standard InChI is InChI=1S/C10H14N2.CH4O.CH4.HI.H2/c11-6-5-8-7-12-10-4-2-1-3-9(8)10;1-2;;;/h1-4,8,12H,5-7,11H2;2H,1H3;1H4;2*1H. The van der Waals surface area contributed by atoms with E-state index in [9.17, 15) is 0 Å². The molecule has 1 aromatic carbocycles. The number of hydrogen-bond acceptors (Lipinski definition) is 3. The zero-order valence-corrected chi connectivity index (χ0v) is 11.3. The van der Waals surface area contributed by atoms with Crippen molar-refractivity contribution in [2.75, 3.05) is 25.5 Å². The Morgan fingerprint density at radius 2 is 2.06 bits per heavy atom. The average molecular weight is 340 g/mol. The molecule has 0 aliphatic carbocycles. The monoisotopic (exact) mass is 340 g/mol. The van der Waals surface area contributed by atoms with Gasteiger partial charge in [0.15, 0.2) is 0 Å². The number of fused-ring (bicyclic) bond motifs is 1. The van der Waals surface area contributed by atoms with Gasteiger partial charge in [0, 0.05) is 26.7 Å². The second kappa shape index (κ2) is 9.86. The number of aliphatic hydroxyl groups excluding tert-OH is 1. The fraction of sp³-hybridized carbons (Fsp3) is 0.500. The second-order valence-corrected chi connectivity index (χ2v) is 3.24. The van der Waals surface area contributed by atoms with E-state index in [0.717, 1.165) is 26.6 Å². The molecule has 1 atom stereocenters. The topological polar surface area (TPSA) is 58.3 Å². The molecular formula is C12H25IN2O. The van der Waals surface area contributed by atoms with Crippen LogP contribution in [0.5, 0.6) is 0 Å². The van der Waals surface area contributed by atoms with E-state index >= 15 is 0 Å². The van der Waals surface area contributed by atoms with Gasteiger partial charge in [0.05, 0.1) is 0 Å². The number of para-hydroxylation sites is 1. The maximum atomic E-state index is 7.00. The van der Waals surface area contributed by atoms with Crippen molar-refractivity contribution in [3.63, 3.8) is 0 Å². The van der Waals surface area contributed by atoms with Crippen LogP contribution in [0.4, 0.5) is 5.69 Å². The van der Waals surface area contributed by atoms with Gasteiger partial charge < -0.3 is 16.2 Å². The Balaban J connectivity index is -0.000000373. The Morgan fingerprint density at radius 3 is 2.69 bits per heavy atom. The number of halogens is 1. The van der Waals surface area contributed by atoms with E-state index < -0.39 is 0 Å². The summed E-state index contributed by atoms with van der Waals surface area (Å²) in [7, 11) is 1.00. The van der Waals surface area contributed by atoms with Crippen molar-refractivity contribution < 1.29 is 6.53 Å². The summed E-state index contributed by atoms with van der Waals surface area (Å²) in [5.41, 5.74) is 8.26. The molecule has 16 heavy (non-hydrogen) atoms. The summed E-state index contributed by atoms with van der Waals surface area (Å²) in [6.07, 6.45) is 1.09. The molecule has 1 aliphatic rings. The molecule has 4 heteroatoms. The number of anilines is 1. The van der Waals surface area contributed by atoms with Gasteiger partial charge in [-0.15, -0.1) is 24.0 Å². The van der Waals surface area contributed by atoms with E-state index in [4.69, 9.17) is 10.8 Å². The van der Waals surface area contributed by atoms with Gasteiger partial charge in [0.2, 0.25) is 0 Å². The largest absolute Gasteiger partial charge is 0.400 e. The molecule has 0 amide bonds. The summed E-state index contributed by atoms with van der Waals surface area (Å²) < 4.78 is 0. The van der Waals surface area contributed by atoms with Crippen LogP contribution in [-0.4, -0.2) is 25.3 Å². The van der Waals surface area contributed by atoms with Gasteiger partial charge in [0.25, 0.3) is 0 Å². The van der Waals surface area contributed by atoms with Crippen LogP contribution >= 0.6 is 24.0 Å². The fourth-order valence-corrected chi connectivity index (χ4v) is 1.82. The SMILES string of the molecule is C.CO.I.NCCC1CNc2ccccc21.[HH]. The lowest BCUT2D eigenvalue weighted by molar-refractivity contribution is 0.399. The molecule has 0 saturated carbocycles. The van der Waals surface area contributed by atoms with Crippen molar-refractivity contribution in [3.8, 4) is 0 Å². The molecule has 1 aliphatic heterocycles. The van der Waals surface area contributed by atoms with Crippen molar-refractivity contribution in [1.29, 1.82) is 0 Å². The van der Waals surface area contributed by atoms with Gasteiger partial charge in [-0.25, -0.2) is 0 Å². The molecule has 96 valence electrons. The summed E-state index contributed by atoms with van der Waals surface area (Å²) >= 11 is 0. The molecule has 1 aromatic rings. The van der Waals surface area contributed by atoms with E-state index in [1.54, 1.807) is 0 Å². The van der Waals surface area contributed by atoms with Crippen LogP contribution in [-0.2, 0) is 0 Å². The van der Waals surface area contributed by atoms with E-state index in [2.05, 4.69) is 29.6 Å². The Labute approximate surface area is 117 Å². The zero-order valence-electron chi connectivity index (χ0n) is 8.94. The lowest BCUT2D eigenvalue weighted by Crippen LogP contribution is -2.08. The van der Waals surface area contributed by atoms with Crippen molar-refractivity contribution >= 4 is 29.7 Å². The highest BCUT2D eigenvalue weighted by Crippen LogP contribution is 2.32. The third kappa shape index (κ3) is 4.27. The number of nitrogens with one attached hydrogen (secondary N) is 1. The van der Waals surface area contributed by atoms with E-state index in [1.807, 2.05) is 0 Å². The lowest BCUT2D eigenvalue weighted by Gasteiger charge is -2.06. The molecule has 0 bridgehead atoms. The Morgan fingerprint density at radius 1 is 1.44 bits per heavy atom. The van der Waals surface area contributed by atoms with Gasteiger partial charge in [0.1, 0.15) is 0 Å². The number of nitrogens with two attached hydrogens (primary N) is 1. The van der Waals surface area contributed by atoms with Crippen LogP contribution in [0.25, 0.3) is 0 Å². The van der Waals surface area contributed by atoms with E-state index in [-0.39, 0.29) is 32.8 Å². The third-order valence-electron chi connectivity index (χ3n) is 2.45. The average Bonchev–Trinajstić information content (AvgIpc) is 2.66. The van der Waals surface area contributed by atoms with Crippen LogP contribution in [0.15, 0.2) is 24.3 Å². The van der Waals surface area contributed by atoms with Gasteiger partial charge in [-0.3, -0.25) is 0 Å². The quantitative estimate of drug-likeness (QED) is 0.726. The summed E-state index contributed by atoms with van der Waals surface area (Å²) in [5.74, 6) is 0.631. The second-order valence-electron chi connectivity index (χ2n) is 3.24. The van der Waals surface area contributed by atoms with Crippen LogP contribution in [0.1, 0.15) is 26.8 Å². The Bertz CT molecular complexity index is 285. The molecule has 0 fully saturated rings. The van der Waals surface area contributed by atoms with Crippen LogP contribution in [0.3, 0.4) is 0 Å². The summed E-state index contributed by atoms with van der Waals surface area (Å²) in [4.78, 5) is 0. The molecule has 0 spiro atoms. The molecule has 1 unspecified atom stereocenters. The van der Waals surface area contributed by atoms with Gasteiger partial charge >= 0.3 is 0 Å². The molecule has 1 heterocycles. The van der Waals surface area contributed by atoms with Crippen molar-refractivity contribution in [2.24, 2.45) is 5.73 Å². The highest BCUT2D eigenvalue weighted by atomic mass is 127. The van der Waals surface area contributed by atoms with Crippen LogP contribution < -0.4 is 11.1 Å². The molecule has 0 saturated heterocycles. The van der Waals surface area contributed by atoms with Gasteiger partial charge in [-0.2, -0.15) is 0 Å². The lowest BCUT2D eigenvalue weighted by atomic mass is 9.98. The minimum atomic E-state index is 0. The first kappa shape index (κ1) is 18.0. The Kier molecular flexibility index (Phi) is 11.1. The maximum Gasteiger partial charge on any atom is 0.0376 e. The smallest absolute Gasteiger partial charge is 0.0376 e. The first-order valence-electron chi connectivity index (χ1n) is 4.89. The highest BCUT2D eigenvalue weighted by Gasteiger charge is 2.19. The van der Waals surface area contributed by atoms with Crippen molar-refractivity contribution in [1.82, 2.24) is 0 Å². The predicted molar refractivity (Wildman–Crippen MR) is 83.7 cm³/mol. The molecule has 0 aromatic heterocycles. The molecule has 0 radical (unpaired) electrons. The predicted octanol–water partition coefficient (Wildman–Crippen LogP) is 2.65. The Hall–Kier alpha value is -0.330. The first-order chi connectivity index (χ1) is 6.92. The van der Waals surface area contributed by atoms with Crippen molar-refractivity contribution in [2.45, 2.75) is 19.8 Å². The van der Waals surface area contributed by atoms with E-state index in [0.29, 0.717) is 5.92 Å². The minimum absolute atomic E-state index is 0. The molecule has 2 rings (SSSR count). The number of aliphatic hydroxyl groups is 1. The fourth-order valence-electron chi connectivity index (χ4n) is 1.82. The highest BCUT2D eigenvalue weighted by molar-refractivity contribution is 14.0. The summed E-state index contributed by atoms with van der Waals surface area (Å²) in [6.45, 7) is 1.83. The van der Waals surface area contributed by atoms with Crippen LogP contribution in [0, 0.1) is 0 Å². The third-order valence-corrected chi connectivity index (χ3v) is 2.45. The summed E-state index contributed by atoms with van der Waals surface area (Å²) in [6, 6.07) is 8.48. The number of benzene rings is 1. The maximum absolute atomic E-state index is 7.00.